The summed E-state index contributed by atoms with van der Waals surface area (Å²) < 4.78 is 16.6. The molecule has 3 amide bonds. The summed E-state index contributed by atoms with van der Waals surface area (Å²) in [6.07, 6.45) is 2.23. The van der Waals surface area contributed by atoms with E-state index in [4.69, 9.17) is 14.2 Å². The molecule has 4 fully saturated rings. The van der Waals surface area contributed by atoms with Crippen molar-refractivity contribution >= 4 is 18.2 Å². The molecule has 1 radical (unpaired) electrons. The molecule has 0 spiro atoms. The number of likely N-dealkylation sites (tertiary alicyclic amines) is 1. The molecule has 4 aliphatic heterocycles. The lowest BCUT2D eigenvalue weighted by Gasteiger charge is -2.50. The number of aldehydes is 1. The number of hydrogen-bond donors (Lipinski definition) is 1. The fraction of sp³-hybridized carbons (Fsp3) is 0.571. The van der Waals surface area contributed by atoms with E-state index in [2.05, 4.69) is 10.6 Å². The molecular formula is C21H26N3O6. The summed E-state index contributed by atoms with van der Waals surface area (Å²) >= 11 is 0. The molecule has 2 atom stereocenters. The zero-order valence-electron chi connectivity index (χ0n) is 16.9. The average Bonchev–Trinajstić information content (AvgIpc) is 3.25. The van der Waals surface area contributed by atoms with Gasteiger partial charge in [-0.25, -0.2) is 10.1 Å². The van der Waals surface area contributed by atoms with Gasteiger partial charge in [0.05, 0.1) is 19.8 Å². The normalized spacial score (nSPS) is 31.2. The Kier molecular flexibility index (Phi) is 5.77. The van der Waals surface area contributed by atoms with Crippen molar-refractivity contribution in [2.24, 2.45) is 0 Å². The van der Waals surface area contributed by atoms with Crippen LogP contribution in [0.25, 0.3) is 0 Å². The fourth-order valence-electron chi connectivity index (χ4n) is 3.96. The average molecular weight is 416 g/mol. The fourth-order valence-corrected chi connectivity index (χ4v) is 3.96. The Morgan fingerprint density at radius 2 is 1.90 bits per heavy atom. The van der Waals surface area contributed by atoms with Crippen LogP contribution in [-0.2, 0) is 30.2 Å². The van der Waals surface area contributed by atoms with Gasteiger partial charge in [0, 0.05) is 19.9 Å². The Labute approximate surface area is 175 Å². The molecule has 4 heterocycles. The van der Waals surface area contributed by atoms with Gasteiger partial charge in [-0.2, -0.15) is 0 Å². The molecule has 0 saturated carbocycles. The highest BCUT2D eigenvalue weighted by Gasteiger charge is 2.51. The molecule has 4 aliphatic rings. The summed E-state index contributed by atoms with van der Waals surface area (Å²) in [5.74, 6) is -1.50. The van der Waals surface area contributed by atoms with Gasteiger partial charge in [-0.05, 0) is 18.4 Å². The van der Waals surface area contributed by atoms with Crippen molar-refractivity contribution in [3.05, 3.63) is 35.9 Å². The lowest BCUT2D eigenvalue weighted by molar-refractivity contribution is -0.444. The van der Waals surface area contributed by atoms with E-state index >= 15 is 0 Å². The minimum atomic E-state index is -1.06. The smallest absolute Gasteiger partial charge is 0.318 e. The molecule has 1 aromatic carbocycles. The number of carbonyl (C=O) groups is 3. The number of carbonyl (C=O) groups excluding carboxylic acids is 3. The molecule has 1 aromatic rings. The second-order valence-corrected chi connectivity index (χ2v) is 8.15. The van der Waals surface area contributed by atoms with Gasteiger partial charge in [0.2, 0.25) is 0 Å². The summed E-state index contributed by atoms with van der Waals surface area (Å²) in [6.45, 7) is 2.95. The molecule has 30 heavy (non-hydrogen) atoms. The highest BCUT2D eigenvalue weighted by Crippen LogP contribution is 2.32. The highest BCUT2D eigenvalue weighted by atomic mass is 16.9. The standard InChI is InChI=1S/C21H26N3O6/c1-20-28-12-21(13-29-20,14-30-20)23-19(27)24-9-5-8-17(24)18(26)22-16(11-25)10-15-6-3-2-4-7-15/h2-4,6-7,11,16-17H,5,8-10,12-14H2,1H3,(H,23,27)/t16-,17-,20?,21?/m0/s1. The van der Waals surface area contributed by atoms with Crippen molar-refractivity contribution in [2.45, 2.75) is 49.8 Å². The molecule has 0 aliphatic carbocycles. The van der Waals surface area contributed by atoms with E-state index < -0.39 is 29.5 Å². The number of nitrogens with one attached hydrogen (secondary N) is 1. The first-order chi connectivity index (χ1) is 14.4. The van der Waals surface area contributed by atoms with Crippen LogP contribution >= 0.6 is 0 Å². The predicted molar refractivity (Wildman–Crippen MR) is 104 cm³/mol. The quantitative estimate of drug-likeness (QED) is 0.680. The molecule has 5 rings (SSSR count). The predicted octanol–water partition coefficient (Wildman–Crippen LogP) is 0.591. The van der Waals surface area contributed by atoms with Crippen LogP contribution in [0.5, 0.6) is 0 Å². The topological polar surface area (TPSA) is 108 Å². The number of ether oxygens (including phenoxy) is 3. The minimum Gasteiger partial charge on any atom is -0.325 e. The molecule has 161 valence electrons. The molecule has 0 unspecified atom stereocenters. The summed E-state index contributed by atoms with van der Waals surface area (Å²) in [7, 11) is 0. The van der Waals surface area contributed by atoms with Crippen LogP contribution in [-0.4, -0.2) is 73.1 Å². The Bertz CT molecular complexity index is 777. The molecule has 4 saturated heterocycles. The van der Waals surface area contributed by atoms with Gasteiger partial charge in [-0.1, -0.05) is 30.3 Å². The number of amides is 3. The Morgan fingerprint density at radius 1 is 1.23 bits per heavy atom. The van der Waals surface area contributed by atoms with E-state index in [0.29, 0.717) is 32.1 Å². The van der Waals surface area contributed by atoms with E-state index in [0.717, 1.165) is 5.56 Å². The molecule has 9 heteroatoms. The third-order valence-electron chi connectivity index (χ3n) is 5.74. The van der Waals surface area contributed by atoms with Crippen LogP contribution in [0.3, 0.4) is 0 Å². The van der Waals surface area contributed by atoms with Crippen LogP contribution in [0.15, 0.2) is 30.3 Å². The first kappa shape index (κ1) is 20.8. The molecule has 9 nitrogen and oxygen atoms in total. The van der Waals surface area contributed by atoms with Gasteiger partial charge in [0.15, 0.2) is 0 Å². The van der Waals surface area contributed by atoms with Gasteiger partial charge in [-0.3, -0.25) is 4.79 Å². The van der Waals surface area contributed by atoms with E-state index in [1.807, 2.05) is 30.3 Å². The maximum absolute atomic E-state index is 12.9. The third-order valence-corrected chi connectivity index (χ3v) is 5.74. The number of rotatable bonds is 6. The largest absolute Gasteiger partial charge is 0.325 e. The van der Waals surface area contributed by atoms with Crippen molar-refractivity contribution in [3.8, 4) is 0 Å². The zero-order valence-corrected chi connectivity index (χ0v) is 16.9. The number of urea groups is 1. The minimum absolute atomic E-state index is 0.274. The lowest BCUT2D eigenvalue weighted by atomic mass is 10.0. The Balaban J connectivity index is 1.36. The first-order valence-electron chi connectivity index (χ1n) is 10.2. The second-order valence-electron chi connectivity index (χ2n) is 8.15. The summed E-state index contributed by atoms with van der Waals surface area (Å²) in [5, 5.41) is 7.02. The first-order valence-corrected chi connectivity index (χ1v) is 10.2. The van der Waals surface area contributed by atoms with Crippen LogP contribution < -0.4 is 10.6 Å². The maximum atomic E-state index is 12.9. The number of hydrogen-bond acceptors (Lipinski definition) is 6. The second kappa shape index (κ2) is 8.33. The molecular weight excluding hydrogens is 390 g/mol. The van der Waals surface area contributed by atoms with Crippen molar-refractivity contribution in [1.82, 2.24) is 15.5 Å². The van der Waals surface area contributed by atoms with Crippen LogP contribution in [0.4, 0.5) is 4.79 Å². The van der Waals surface area contributed by atoms with Gasteiger partial charge in [-0.15, -0.1) is 0 Å². The van der Waals surface area contributed by atoms with Crippen LogP contribution in [0.2, 0.25) is 0 Å². The maximum Gasteiger partial charge on any atom is 0.318 e. The van der Waals surface area contributed by atoms with E-state index in [9.17, 15) is 14.4 Å². The van der Waals surface area contributed by atoms with E-state index in [1.54, 1.807) is 6.92 Å². The number of nitrogens with zero attached hydrogens (tertiary/aromatic N) is 2. The van der Waals surface area contributed by atoms with Crippen molar-refractivity contribution in [2.75, 3.05) is 26.4 Å². The Hall–Kier alpha value is -2.49. The highest BCUT2D eigenvalue weighted by molar-refractivity contribution is 5.89. The monoisotopic (exact) mass is 416 g/mol. The van der Waals surface area contributed by atoms with E-state index in [1.165, 1.54) is 4.90 Å². The molecule has 0 aromatic heterocycles. The molecule has 2 bridgehead atoms. The lowest BCUT2D eigenvalue weighted by Crippen LogP contribution is -2.71. The summed E-state index contributed by atoms with van der Waals surface area (Å²) in [5.41, 5.74) is 0.147. The van der Waals surface area contributed by atoms with Crippen molar-refractivity contribution in [1.29, 1.82) is 0 Å². The van der Waals surface area contributed by atoms with Gasteiger partial charge < -0.3 is 29.2 Å². The SMILES string of the molecule is CC12OCC(NC(=O)N3CCC[C@H]3C(=O)[N][C@H](C=O)Cc3ccccc3)(CO1)CO2. The van der Waals surface area contributed by atoms with E-state index in [-0.39, 0.29) is 25.9 Å². The third kappa shape index (κ3) is 4.33. The summed E-state index contributed by atoms with van der Waals surface area (Å²) in [4.78, 5) is 38.7. The van der Waals surface area contributed by atoms with Crippen LogP contribution in [0, 0.1) is 0 Å². The van der Waals surface area contributed by atoms with Gasteiger partial charge in [0.1, 0.15) is 23.9 Å². The Morgan fingerprint density at radius 3 is 2.53 bits per heavy atom. The molecule has 1 N–H and O–H groups in total. The zero-order chi connectivity index (χ0) is 21.2. The number of benzene rings is 1. The van der Waals surface area contributed by atoms with Crippen LogP contribution in [0.1, 0.15) is 25.3 Å². The summed E-state index contributed by atoms with van der Waals surface area (Å²) in [6, 6.07) is 7.57. The number of fused-ring (bicyclic) bond motifs is 3. The van der Waals surface area contributed by atoms with Crippen molar-refractivity contribution in [3.63, 3.8) is 0 Å². The van der Waals surface area contributed by atoms with Gasteiger partial charge >= 0.3 is 6.03 Å². The van der Waals surface area contributed by atoms with Crippen molar-refractivity contribution < 1.29 is 28.6 Å². The van der Waals surface area contributed by atoms with Gasteiger partial charge in [0.25, 0.3) is 11.9 Å².